The van der Waals surface area contributed by atoms with E-state index in [0.29, 0.717) is 0 Å². The first-order chi connectivity index (χ1) is 4.76. The maximum atomic E-state index is 8.89. The number of hydrogen-bond acceptors (Lipinski definition) is 2. The molecular formula is C8H16O2. The second-order valence-corrected chi connectivity index (χ2v) is 3.50. The number of aliphatic hydroxyl groups is 2. The predicted octanol–water partition coefficient (Wildman–Crippen LogP) is 0.777. The van der Waals surface area contributed by atoms with Crippen molar-refractivity contribution < 1.29 is 10.2 Å². The zero-order valence-corrected chi connectivity index (χ0v) is 6.51. The van der Waals surface area contributed by atoms with E-state index < -0.39 is 0 Å². The monoisotopic (exact) mass is 144 g/mol. The van der Waals surface area contributed by atoms with Gasteiger partial charge in [-0.2, -0.15) is 0 Å². The molecule has 60 valence electrons. The molecule has 2 nitrogen and oxygen atoms in total. The molecule has 0 bridgehead atoms. The third-order valence-electron chi connectivity index (χ3n) is 2.69. The summed E-state index contributed by atoms with van der Waals surface area (Å²) >= 11 is 0. The van der Waals surface area contributed by atoms with Crippen LogP contribution in [0.15, 0.2) is 0 Å². The Bertz CT molecular complexity index is 99.8. The van der Waals surface area contributed by atoms with Gasteiger partial charge in [0.1, 0.15) is 0 Å². The molecule has 1 saturated carbocycles. The van der Waals surface area contributed by atoms with Crippen molar-refractivity contribution in [1.82, 2.24) is 0 Å². The Hall–Kier alpha value is -0.0800. The van der Waals surface area contributed by atoms with Crippen LogP contribution in [0.3, 0.4) is 0 Å². The van der Waals surface area contributed by atoms with Crippen LogP contribution in [0.25, 0.3) is 0 Å². The molecule has 0 spiro atoms. The molecule has 0 radical (unpaired) electrons. The zero-order valence-electron chi connectivity index (χ0n) is 6.51. The van der Waals surface area contributed by atoms with E-state index in [4.69, 9.17) is 10.2 Å². The minimum atomic E-state index is -0.110. The zero-order chi connectivity index (χ0) is 7.61. The largest absolute Gasteiger partial charge is 0.396 e. The molecule has 0 unspecified atom stereocenters. The van der Waals surface area contributed by atoms with E-state index in [1.807, 2.05) is 0 Å². The van der Waals surface area contributed by atoms with Gasteiger partial charge < -0.3 is 10.2 Å². The third kappa shape index (κ3) is 1.18. The van der Waals surface area contributed by atoms with Crippen molar-refractivity contribution in [3.05, 3.63) is 0 Å². The molecule has 0 amide bonds. The summed E-state index contributed by atoms with van der Waals surface area (Å²) < 4.78 is 0. The fraction of sp³-hybridized carbons (Fsp3) is 1.00. The van der Waals surface area contributed by atoms with Crippen LogP contribution in [0.5, 0.6) is 0 Å². The van der Waals surface area contributed by atoms with Gasteiger partial charge in [-0.15, -0.1) is 0 Å². The number of aliphatic hydroxyl groups excluding tert-OH is 2. The molecule has 1 aliphatic carbocycles. The number of hydrogen-bond donors (Lipinski definition) is 2. The molecule has 0 saturated heterocycles. The molecule has 1 aliphatic rings. The molecule has 0 aliphatic heterocycles. The lowest BCUT2D eigenvalue weighted by atomic mass is 9.62. The quantitative estimate of drug-likeness (QED) is 0.614. The first-order valence-electron chi connectivity index (χ1n) is 3.98. The van der Waals surface area contributed by atoms with Crippen molar-refractivity contribution in [2.75, 3.05) is 13.2 Å². The Morgan fingerprint density at radius 1 is 1.30 bits per heavy atom. The van der Waals surface area contributed by atoms with Crippen LogP contribution >= 0.6 is 0 Å². The van der Waals surface area contributed by atoms with E-state index in [1.165, 1.54) is 6.42 Å². The molecule has 0 heterocycles. The van der Waals surface area contributed by atoms with Crippen LogP contribution < -0.4 is 0 Å². The molecule has 2 N–H and O–H groups in total. The molecule has 1 fully saturated rings. The summed E-state index contributed by atoms with van der Waals surface area (Å²) in [6.07, 6.45) is 3.20. The van der Waals surface area contributed by atoms with Gasteiger partial charge >= 0.3 is 0 Å². The SMILES string of the molecule is CCC1CC(CO)(CO)C1. The highest BCUT2D eigenvalue weighted by molar-refractivity contribution is 4.92. The van der Waals surface area contributed by atoms with Gasteiger partial charge in [0, 0.05) is 5.41 Å². The Labute approximate surface area is 61.9 Å². The Morgan fingerprint density at radius 3 is 2.10 bits per heavy atom. The van der Waals surface area contributed by atoms with Gasteiger partial charge in [0.25, 0.3) is 0 Å². The van der Waals surface area contributed by atoms with Crippen LogP contribution in [-0.4, -0.2) is 23.4 Å². The number of rotatable bonds is 3. The molecular weight excluding hydrogens is 128 g/mol. The van der Waals surface area contributed by atoms with Crippen LogP contribution in [0.1, 0.15) is 26.2 Å². The summed E-state index contributed by atoms with van der Waals surface area (Å²) in [6, 6.07) is 0. The van der Waals surface area contributed by atoms with Gasteiger partial charge in [0.2, 0.25) is 0 Å². The first-order valence-corrected chi connectivity index (χ1v) is 3.98. The fourth-order valence-electron chi connectivity index (χ4n) is 1.76. The lowest BCUT2D eigenvalue weighted by Gasteiger charge is -2.45. The van der Waals surface area contributed by atoms with E-state index in [-0.39, 0.29) is 18.6 Å². The normalized spacial score (nSPS) is 24.3. The highest BCUT2D eigenvalue weighted by atomic mass is 16.3. The maximum absolute atomic E-state index is 8.89. The van der Waals surface area contributed by atoms with Crippen molar-refractivity contribution in [3.63, 3.8) is 0 Å². The maximum Gasteiger partial charge on any atom is 0.0509 e. The van der Waals surface area contributed by atoms with Gasteiger partial charge in [0.15, 0.2) is 0 Å². The van der Waals surface area contributed by atoms with Crippen LogP contribution in [0, 0.1) is 11.3 Å². The lowest BCUT2D eigenvalue weighted by molar-refractivity contribution is -0.0494. The molecule has 2 heteroatoms. The van der Waals surface area contributed by atoms with E-state index in [1.54, 1.807) is 0 Å². The Kier molecular flexibility index (Phi) is 2.32. The van der Waals surface area contributed by atoms with Gasteiger partial charge in [0.05, 0.1) is 13.2 Å². The van der Waals surface area contributed by atoms with Crippen molar-refractivity contribution in [1.29, 1.82) is 0 Å². The summed E-state index contributed by atoms with van der Waals surface area (Å²) in [5, 5.41) is 17.8. The summed E-state index contributed by atoms with van der Waals surface area (Å²) in [7, 11) is 0. The molecule has 10 heavy (non-hydrogen) atoms. The summed E-state index contributed by atoms with van der Waals surface area (Å²) in [4.78, 5) is 0. The van der Waals surface area contributed by atoms with Crippen LogP contribution in [0.2, 0.25) is 0 Å². The second-order valence-electron chi connectivity index (χ2n) is 3.50. The topological polar surface area (TPSA) is 40.5 Å². The second kappa shape index (κ2) is 2.89. The van der Waals surface area contributed by atoms with Gasteiger partial charge in [-0.3, -0.25) is 0 Å². The minimum Gasteiger partial charge on any atom is -0.396 e. The summed E-state index contributed by atoms with van der Waals surface area (Å²) in [5.41, 5.74) is -0.110. The molecule has 0 aromatic rings. The van der Waals surface area contributed by atoms with Crippen molar-refractivity contribution in [2.24, 2.45) is 11.3 Å². The molecule has 0 aromatic carbocycles. The standard InChI is InChI=1S/C8H16O2/c1-2-7-3-8(4-7,5-9)6-10/h7,9-10H,2-6H2,1H3. The van der Waals surface area contributed by atoms with E-state index in [0.717, 1.165) is 18.8 Å². The Morgan fingerprint density at radius 2 is 1.80 bits per heavy atom. The first kappa shape index (κ1) is 8.02. The smallest absolute Gasteiger partial charge is 0.0509 e. The Balaban J connectivity index is 2.31. The van der Waals surface area contributed by atoms with E-state index in [9.17, 15) is 0 Å². The lowest BCUT2D eigenvalue weighted by Crippen LogP contribution is -2.42. The summed E-state index contributed by atoms with van der Waals surface area (Å²) in [6.45, 7) is 2.46. The molecule has 1 rings (SSSR count). The van der Waals surface area contributed by atoms with Crippen LogP contribution in [-0.2, 0) is 0 Å². The average molecular weight is 144 g/mol. The predicted molar refractivity (Wildman–Crippen MR) is 39.6 cm³/mol. The fourth-order valence-corrected chi connectivity index (χ4v) is 1.76. The highest BCUT2D eigenvalue weighted by Crippen LogP contribution is 2.46. The van der Waals surface area contributed by atoms with Crippen molar-refractivity contribution in [2.45, 2.75) is 26.2 Å². The summed E-state index contributed by atoms with van der Waals surface area (Å²) in [5.74, 6) is 0.749. The van der Waals surface area contributed by atoms with E-state index in [2.05, 4.69) is 6.92 Å². The van der Waals surface area contributed by atoms with E-state index >= 15 is 0 Å². The van der Waals surface area contributed by atoms with Gasteiger partial charge in [-0.05, 0) is 18.8 Å². The van der Waals surface area contributed by atoms with Crippen molar-refractivity contribution in [3.8, 4) is 0 Å². The van der Waals surface area contributed by atoms with Crippen LogP contribution in [0.4, 0.5) is 0 Å². The highest BCUT2D eigenvalue weighted by Gasteiger charge is 2.41. The average Bonchev–Trinajstić information content (AvgIpc) is 1.89. The molecule has 0 aromatic heterocycles. The van der Waals surface area contributed by atoms with Crippen molar-refractivity contribution >= 4 is 0 Å². The van der Waals surface area contributed by atoms with Gasteiger partial charge in [-0.1, -0.05) is 13.3 Å². The minimum absolute atomic E-state index is 0.110. The van der Waals surface area contributed by atoms with Gasteiger partial charge in [-0.25, -0.2) is 0 Å². The third-order valence-corrected chi connectivity index (χ3v) is 2.69. The molecule has 0 atom stereocenters.